The highest BCUT2D eigenvalue weighted by atomic mass is 16.5. The molecule has 0 bridgehead atoms. The van der Waals surface area contributed by atoms with Gasteiger partial charge in [-0.3, -0.25) is 14.4 Å². The summed E-state index contributed by atoms with van der Waals surface area (Å²) in [6.07, 6.45) is 3.21. The van der Waals surface area contributed by atoms with Gasteiger partial charge in [-0.1, -0.05) is 38.0 Å². The summed E-state index contributed by atoms with van der Waals surface area (Å²) < 4.78 is 10.6. The van der Waals surface area contributed by atoms with Gasteiger partial charge in [0.05, 0.1) is 13.0 Å². The van der Waals surface area contributed by atoms with E-state index in [0.717, 1.165) is 30.6 Å². The van der Waals surface area contributed by atoms with Crippen molar-refractivity contribution in [3.8, 4) is 5.75 Å². The fourth-order valence-corrected chi connectivity index (χ4v) is 2.76. The van der Waals surface area contributed by atoms with E-state index in [4.69, 9.17) is 9.47 Å². The van der Waals surface area contributed by atoms with Crippen LogP contribution in [-0.4, -0.2) is 30.9 Å². The molecule has 0 aliphatic carbocycles. The predicted octanol–water partition coefficient (Wildman–Crippen LogP) is 4.71. The first-order chi connectivity index (χ1) is 14.5. The Balaban J connectivity index is 1.69. The van der Waals surface area contributed by atoms with Crippen LogP contribution < -0.4 is 10.1 Å². The SMILES string of the molecule is CCCCCOc1ccc(C(=O)CCC(=O)OCC(=O)Nc2ccccc2C)cc1. The van der Waals surface area contributed by atoms with Crippen molar-refractivity contribution in [3.63, 3.8) is 0 Å². The Morgan fingerprint density at radius 1 is 0.933 bits per heavy atom. The van der Waals surface area contributed by atoms with Crippen molar-refractivity contribution in [2.45, 2.75) is 46.0 Å². The second kappa shape index (κ2) is 12.4. The minimum atomic E-state index is -0.584. The van der Waals surface area contributed by atoms with Crippen LogP contribution in [0.25, 0.3) is 0 Å². The Morgan fingerprint density at radius 2 is 1.67 bits per heavy atom. The molecule has 30 heavy (non-hydrogen) atoms. The van der Waals surface area contributed by atoms with E-state index in [-0.39, 0.29) is 25.2 Å². The molecule has 160 valence electrons. The highest BCUT2D eigenvalue weighted by Crippen LogP contribution is 2.15. The fraction of sp³-hybridized carbons (Fsp3) is 0.375. The summed E-state index contributed by atoms with van der Waals surface area (Å²) in [6.45, 7) is 4.28. The number of ether oxygens (including phenoxy) is 2. The number of hydrogen-bond donors (Lipinski definition) is 1. The molecule has 1 amide bonds. The van der Waals surface area contributed by atoms with Crippen LogP contribution in [0.5, 0.6) is 5.75 Å². The average molecular weight is 411 g/mol. The quantitative estimate of drug-likeness (QED) is 0.311. The van der Waals surface area contributed by atoms with Gasteiger partial charge >= 0.3 is 5.97 Å². The van der Waals surface area contributed by atoms with E-state index in [9.17, 15) is 14.4 Å². The molecule has 2 aromatic carbocycles. The molecule has 0 fully saturated rings. The number of rotatable bonds is 12. The number of anilines is 1. The lowest BCUT2D eigenvalue weighted by molar-refractivity contribution is -0.147. The van der Waals surface area contributed by atoms with Crippen LogP contribution in [-0.2, 0) is 14.3 Å². The molecular formula is C24H29NO5. The summed E-state index contributed by atoms with van der Waals surface area (Å²) in [5, 5.41) is 2.69. The number of unbranched alkanes of at least 4 members (excludes halogenated alkanes) is 2. The summed E-state index contributed by atoms with van der Waals surface area (Å²) in [5.74, 6) is -0.437. The number of amides is 1. The normalized spacial score (nSPS) is 10.3. The molecule has 0 radical (unpaired) electrons. The Labute approximate surface area is 177 Å². The summed E-state index contributed by atoms with van der Waals surface area (Å²) in [6, 6.07) is 14.2. The van der Waals surface area contributed by atoms with Crippen LogP contribution in [0, 0.1) is 6.92 Å². The summed E-state index contributed by atoms with van der Waals surface area (Å²) in [7, 11) is 0. The maximum atomic E-state index is 12.2. The maximum Gasteiger partial charge on any atom is 0.306 e. The number of hydrogen-bond acceptors (Lipinski definition) is 5. The molecule has 1 N–H and O–H groups in total. The lowest BCUT2D eigenvalue weighted by Crippen LogP contribution is -2.21. The van der Waals surface area contributed by atoms with E-state index in [1.165, 1.54) is 0 Å². The molecule has 0 saturated carbocycles. The Morgan fingerprint density at radius 3 is 2.37 bits per heavy atom. The molecule has 0 atom stereocenters. The van der Waals surface area contributed by atoms with Crippen LogP contribution >= 0.6 is 0 Å². The number of para-hydroxylation sites is 1. The summed E-state index contributed by atoms with van der Waals surface area (Å²) in [5.41, 5.74) is 2.10. The summed E-state index contributed by atoms with van der Waals surface area (Å²) in [4.78, 5) is 36.0. The van der Waals surface area contributed by atoms with Crippen molar-refractivity contribution in [1.82, 2.24) is 0 Å². The number of ketones is 1. The molecule has 2 aromatic rings. The van der Waals surface area contributed by atoms with Crippen LogP contribution in [0.1, 0.15) is 54.9 Å². The molecule has 0 heterocycles. The lowest BCUT2D eigenvalue weighted by atomic mass is 10.1. The molecular weight excluding hydrogens is 382 g/mol. The zero-order valence-corrected chi connectivity index (χ0v) is 17.6. The third-order valence-corrected chi connectivity index (χ3v) is 4.53. The second-order valence-corrected chi connectivity index (χ2v) is 7.03. The third kappa shape index (κ3) is 8.07. The Bertz CT molecular complexity index is 845. The highest BCUT2D eigenvalue weighted by molar-refractivity contribution is 5.98. The Kier molecular flexibility index (Phi) is 9.58. The fourth-order valence-electron chi connectivity index (χ4n) is 2.76. The van der Waals surface area contributed by atoms with Gasteiger partial charge in [0.25, 0.3) is 5.91 Å². The van der Waals surface area contributed by atoms with Gasteiger partial charge in [0.1, 0.15) is 5.75 Å². The van der Waals surface area contributed by atoms with E-state index in [2.05, 4.69) is 12.2 Å². The highest BCUT2D eigenvalue weighted by Gasteiger charge is 2.12. The largest absolute Gasteiger partial charge is 0.494 e. The van der Waals surface area contributed by atoms with Gasteiger partial charge in [0.15, 0.2) is 12.4 Å². The minimum absolute atomic E-state index is 0.0228. The molecule has 0 aromatic heterocycles. The number of nitrogens with one attached hydrogen (secondary N) is 1. The monoisotopic (exact) mass is 411 g/mol. The van der Waals surface area contributed by atoms with Crippen molar-refractivity contribution in [2.24, 2.45) is 0 Å². The van der Waals surface area contributed by atoms with Crippen molar-refractivity contribution in [1.29, 1.82) is 0 Å². The van der Waals surface area contributed by atoms with Gasteiger partial charge in [-0.25, -0.2) is 0 Å². The third-order valence-electron chi connectivity index (χ3n) is 4.53. The molecule has 0 aliphatic rings. The average Bonchev–Trinajstić information content (AvgIpc) is 2.75. The number of Topliss-reactive ketones (excluding diaryl/α,β-unsaturated/α-hetero) is 1. The topological polar surface area (TPSA) is 81.7 Å². The van der Waals surface area contributed by atoms with Gasteiger partial charge in [-0.15, -0.1) is 0 Å². The van der Waals surface area contributed by atoms with Crippen molar-refractivity contribution in [3.05, 3.63) is 59.7 Å². The van der Waals surface area contributed by atoms with Crippen LogP contribution in [0.15, 0.2) is 48.5 Å². The van der Waals surface area contributed by atoms with E-state index >= 15 is 0 Å². The minimum Gasteiger partial charge on any atom is -0.494 e. The zero-order valence-electron chi connectivity index (χ0n) is 17.6. The number of benzene rings is 2. The van der Waals surface area contributed by atoms with Gasteiger partial charge in [-0.2, -0.15) is 0 Å². The smallest absolute Gasteiger partial charge is 0.306 e. The molecule has 0 aliphatic heterocycles. The van der Waals surface area contributed by atoms with Gasteiger partial charge in [0.2, 0.25) is 0 Å². The van der Waals surface area contributed by atoms with E-state index in [1.54, 1.807) is 30.3 Å². The summed E-state index contributed by atoms with van der Waals surface area (Å²) >= 11 is 0. The maximum absolute atomic E-state index is 12.2. The number of aryl methyl sites for hydroxylation is 1. The standard InChI is InChI=1S/C24H29NO5/c1-3-4-7-16-29-20-12-10-19(11-13-20)22(26)14-15-24(28)30-17-23(27)25-21-9-6-5-8-18(21)2/h5-6,8-13H,3-4,7,14-17H2,1-2H3,(H,25,27). The van der Waals surface area contributed by atoms with Crippen LogP contribution in [0.4, 0.5) is 5.69 Å². The van der Waals surface area contributed by atoms with Crippen LogP contribution in [0.3, 0.4) is 0 Å². The first-order valence-electron chi connectivity index (χ1n) is 10.3. The van der Waals surface area contributed by atoms with Gasteiger partial charge in [0, 0.05) is 17.7 Å². The second-order valence-electron chi connectivity index (χ2n) is 7.03. The van der Waals surface area contributed by atoms with Gasteiger partial charge in [-0.05, 0) is 49.2 Å². The van der Waals surface area contributed by atoms with E-state index in [0.29, 0.717) is 17.9 Å². The molecule has 0 saturated heterocycles. The Hall–Kier alpha value is -3.15. The van der Waals surface area contributed by atoms with E-state index < -0.39 is 11.9 Å². The first-order valence-corrected chi connectivity index (χ1v) is 10.3. The van der Waals surface area contributed by atoms with Crippen molar-refractivity contribution in [2.75, 3.05) is 18.5 Å². The van der Waals surface area contributed by atoms with Gasteiger partial charge < -0.3 is 14.8 Å². The molecule has 2 rings (SSSR count). The first kappa shape index (κ1) is 23.1. The molecule has 0 spiro atoms. The predicted molar refractivity (Wildman–Crippen MR) is 116 cm³/mol. The number of esters is 1. The van der Waals surface area contributed by atoms with Crippen molar-refractivity contribution < 1.29 is 23.9 Å². The molecule has 6 heteroatoms. The molecule has 0 unspecified atom stereocenters. The molecule has 6 nitrogen and oxygen atoms in total. The zero-order chi connectivity index (χ0) is 21.8. The van der Waals surface area contributed by atoms with E-state index in [1.807, 2.05) is 25.1 Å². The van der Waals surface area contributed by atoms with Crippen LogP contribution in [0.2, 0.25) is 0 Å². The lowest BCUT2D eigenvalue weighted by Gasteiger charge is -2.09. The number of carbonyl (C=O) groups excluding carboxylic acids is 3. The van der Waals surface area contributed by atoms with Crippen molar-refractivity contribution >= 4 is 23.3 Å². The number of carbonyl (C=O) groups is 3.